The first kappa shape index (κ1) is 16.1. The third-order valence-corrected chi connectivity index (χ3v) is 2.56. The Labute approximate surface area is 115 Å². The van der Waals surface area contributed by atoms with Crippen LogP contribution in [0.2, 0.25) is 0 Å². The average molecular weight is 290 g/mol. The summed E-state index contributed by atoms with van der Waals surface area (Å²) in [7, 11) is 0. The summed E-state index contributed by atoms with van der Waals surface area (Å²) in [5.41, 5.74) is 4.50. The molecule has 0 spiro atoms. The second kappa shape index (κ2) is 6.49. The van der Waals surface area contributed by atoms with Crippen molar-refractivity contribution in [1.82, 2.24) is 5.32 Å². The fraction of sp³-hybridized carbons (Fsp3) is 0.462. The molecule has 1 rings (SSSR count). The molecule has 20 heavy (non-hydrogen) atoms. The van der Waals surface area contributed by atoms with Crippen molar-refractivity contribution in [1.29, 1.82) is 0 Å². The van der Waals surface area contributed by atoms with Crippen molar-refractivity contribution in [2.45, 2.75) is 32.5 Å². The predicted octanol–water partition coefficient (Wildman–Crippen LogP) is 2.58. The number of ether oxygens (including phenoxy) is 1. The maximum atomic E-state index is 12.5. The zero-order valence-corrected chi connectivity index (χ0v) is 11.3. The SMILES string of the molecule is CCCNC(=O)C(C)Oc1ccc(C(F)(F)F)cc1N. The Kier molecular flexibility index (Phi) is 5.24. The summed E-state index contributed by atoms with van der Waals surface area (Å²) >= 11 is 0. The summed E-state index contributed by atoms with van der Waals surface area (Å²) in [5.74, 6) is -0.289. The van der Waals surface area contributed by atoms with Gasteiger partial charge in [-0.25, -0.2) is 0 Å². The number of rotatable bonds is 5. The van der Waals surface area contributed by atoms with Gasteiger partial charge in [0.2, 0.25) is 0 Å². The lowest BCUT2D eigenvalue weighted by atomic mass is 10.2. The van der Waals surface area contributed by atoms with E-state index in [9.17, 15) is 18.0 Å². The van der Waals surface area contributed by atoms with Gasteiger partial charge in [-0.2, -0.15) is 13.2 Å². The standard InChI is InChI=1S/C13H17F3N2O2/c1-3-6-18-12(19)8(2)20-11-5-4-9(7-10(11)17)13(14,15)16/h4-5,7-8H,3,6,17H2,1-2H3,(H,18,19). The second-order valence-electron chi connectivity index (χ2n) is 4.30. The van der Waals surface area contributed by atoms with Crippen molar-refractivity contribution in [2.24, 2.45) is 0 Å². The Balaban J connectivity index is 2.76. The molecule has 7 heteroatoms. The number of nitrogens with two attached hydrogens (primary N) is 1. The van der Waals surface area contributed by atoms with E-state index in [4.69, 9.17) is 10.5 Å². The number of nitrogens with one attached hydrogen (secondary N) is 1. The molecule has 0 aliphatic carbocycles. The minimum absolute atomic E-state index is 0.0529. The molecule has 1 aromatic carbocycles. The molecule has 0 aliphatic heterocycles. The maximum absolute atomic E-state index is 12.5. The molecule has 0 aromatic heterocycles. The molecule has 0 heterocycles. The van der Waals surface area contributed by atoms with Gasteiger partial charge in [-0.1, -0.05) is 6.92 Å². The number of alkyl halides is 3. The number of anilines is 1. The molecule has 1 unspecified atom stereocenters. The minimum atomic E-state index is -4.46. The topological polar surface area (TPSA) is 64.3 Å². The third kappa shape index (κ3) is 4.32. The first-order chi connectivity index (χ1) is 9.25. The molecular weight excluding hydrogens is 273 g/mol. The maximum Gasteiger partial charge on any atom is 0.416 e. The van der Waals surface area contributed by atoms with Gasteiger partial charge < -0.3 is 15.8 Å². The highest BCUT2D eigenvalue weighted by atomic mass is 19.4. The average Bonchev–Trinajstić information content (AvgIpc) is 2.36. The summed E-state index contributed by atoms with van der Waals surface area (Å²) in [4.78, 5) is 11.6. The highest BCUT2D eigenvalue weighted by molar-refractivity contribution is 5.80. The van der Waals surface area contributed by atoms with E-state index in [-0.39, 0.29) is 17.3 Å². The normalized spacial score (nSPS) is 12.8. The molecule has 0 saturated heterocycles. The fourth-order valence-electron chi connectivity index (χ4n) is 1.47. The fourth-order valence-corrected chi connectivity index (χ4v) is 1.47. The van der Waals surface area contributed by atoms with Gasteiger partial charge in [0.15, 0.2) is 6.10 Å². The highest BCUT2D eigenvalue weighted by Crippen LogP contribution is 2.33. The van der Waals surface area contributed by atoms with Crippen LogP contribution in [0, 0.1) is 0 Å². The molecule has 0 bridgehead atoms. The third-order valence-electron chi connectivity index (χ3n) is 2.56. The van der Waals surface area contributed by atoms with Crippen LogP contribution in [0.1, 0.15) is 25.8 Å². The van der Waals surface area contributed by atoms with Crippen LogP contribution in [0.15, 0.2) is 18.2 Å². The molecule has 1 atom stereocenters. The van der Waals surface area contributed by atoms with Gasteiger partial charge >= 0.3 is 6.18 Å². The van der Waals surface area contributed by atoms with Crippen molar-refractivity contribution in [2.75, 3.05) is 12.3 Å². The number of carbonyl (C=O) groups excluding carboxylic acids is 1. The van der Waals surface area contributed by atoms with Crippen molar-refractivity contribution in [3.05, 3.63) is 23.8 Å². The molecular formula is C13H17F3N2O2. The van der Waals surface area contributed by atoms with E-state index in [1.807, 2.05) is 6.92 Å². The zero-order valence-electron chi connectivity index (χ0n) is 11.3. The van der Waals surface area contributed by atoms with Gasteiger partial charge in [-0.3, -0.25) is 4.79 Å². The lowest BCUT2D eigenvalue weighted by Gasteiger charge is -2.17. The van der Waals surface area contributed by atoms with E-state index in [1.54, 1.807) is 0 Å². The van der Waals surface area contributed by atoms with E-state index >= 15 is 0 Å². The highest BCUT2D eigenvalue weighted by Gasteiger charge is 2.31. The Morgan fingerprint density at radius 1 is 1.45 bits per heavy atom. The Bertz CT molecular complexity index is 475. The lowest BCUT2D eigenvalue weighted by Crippen LogP contribution is -2.36. The van der Waals surface area contributed by atoms with Crippen molar-refractivity contribution in [3.8, 4) is 5.75 Å². The quantitative estimate of drug-likeness (QED) is 0.819. The van der Waals surface area contributed by atoms with Crippen LogP contribution in [-0.2, 0) is 11.0 Å². The van der Waals surface area contributed by atoms with Crippen molar-refractivity contribution < 1.29 is 22.7 Å². The summed E-state index contributed by atoms with van der Waals surface area (Å²) in [6, 6.07) is 2.76. The number of hydrogen-bond donors (Lipinski definition) is 2. The number of nitrogen functional groups attached to an aromatic ring is 1. The zero-order chi connectivity index (χ0) is 15.3. The van der Waals surface area contributed by atoms with Crippen LogP contribution < -0.4 is 15.8 Å². The molecule has 0 fully saturated rings. The number of amides is 1. The van der Waals surface area contributed by atoms with Crippen LogP contribution in [0.3, 0.4) is 0 Å². The molecule has 0 aliphatic rings. The number of halogens is 3. The lowest BCUT2D eigenvalue weighted by molar-refractivity contribution is -0.137. The van der Waals surface area contributed by atoms with Gasteiger partial charge in [-0.15, -0.1) is 0 Å². The van der Waals surface area contributed by atoms with Crippen LogP contribution in [-0.4, -0.2) is 18.6 Å². The molecule has 0 radical (unpaired) electrons. The van der Waals surface area contributed by atoms with Gasteiger partial charge in [0.25, 0.3) is 5.91 Å². The predicted molar refractivity (Wildman–Crippen MR) is 69.2 cm³/mol. The molecule has 3 N–H and O–H groups in total. The largest absolute Gasteiger partial charge is 0.479 e. The van der Waals surface area contributed by atoms with Crippen molar-refractivity contribution in [3.63, 3.8) is 0 Å². The first-order valence-electron chi connectivity index (χ1n) is 6.16. The van der Waals surface area contributed by atoms with Crippen LogP contribution in [0.4, 0.5) is 18.9 Å². The molecule has 0 saturated carbocycles. The number of hydrogen-bond acceptors (Lipinski definition) is 3. The van der Waals surface area contributed by atoms with Gasteiger partial charge in [0.1, 0.15) is 5.75 Å². The van der Waals surface area contributed by atoms with Gasteiger partial charge in [-0.05, 0) is 31.5 Å². The van der Waals surface area contributed by atoms with E-state index in [0.29, 0.717) is 6.54 Å². The molecule has 4 nitrogen and oxygen atoms in total. The first-order valence-corrected chi connectivity index (χ1v) is 6.16. The molecule has 1 amide bonds. The Morgan fingerprint density at radius 3 is 2.60 bits per heavy atom. The molecule has 112 valence electrons. The van der Waals surface area contributed by atoms with Crippen LogP contribution in [0.25, 0.3) is 0 Å². The summed E-state index contributed by atoms with van der Waals surface area (Å²) in [6.45, 7) is 3.91. The Hall–Kier alpha value is -1.92. The number of carbonyl (C=O) groups is 1. The number of benzene rings is 1. The summed E-state index contributed by atoms with van der Waals surface area (Å²) < 4.78 is 42.7. The minimum Gasteiger partial charge on any atom is -0.479 e. The van der Waals surface area contributed by atoms with Crippen LogP contribution >= 0.6 is 0 Å². The van der Waals surface area contributed by atoms with E-state index in [2.05, 4.69) is 5.32 Å². The Morgan fingerprint density at radius 2 is 2.10 bits per heavy atom. The smallest absolute Gasteiger partial charge is 0.416 e. The van der Waals surface area contributed by atoms with E-state index < -0.39 is 17.8 Å². The van der Waals surface area contributed by atoms with E-state index in [0.717, 1.165) is 24.6 Å². The van der Waals surface area contributed by atoms with Gasteiger partial charge in [0, 0.05) is 6.54 Å². The molecule has 1 aromatic rings. The summed E-state index contributed by atoms with van der Waals surface area (Å²) in [6.07, 6.45) is -4.52. The van der Waals surface area contributed by atoms with Crippen LogP contribution in [0.5, 0.6) is 5.75 Å². The summed E-state index contributed by atoms with van der Waals surface area (Å²) in [5, 5.41) is 2.62. The monoisotopic (exact) mass is 290 g/mol. The van der Waals surface area contributed by atoms with E-state index in [1.165, 1.54) is 6.92 Å². The van der Waals surface area contributed by atoms with Gasteiger partial charge in [0.05, 0.1) is 11.3 Å². The van der Waals surface area contributed by atoms with Crippen molar-refractivity contribution >= 4 is 11.6 Å². The second-order valence-corrected chi connectivity index (χ2v) is 4.30.